The van der Waals surface area contributed by atoms with Gasteiger partial charge in [-0.05, 0) is 49.2 Å². The molecule has 0 spiro atoms. The lowest BCUT2D eigenvalue weighted by Crippen LogP contribution is -2.40. The minimum atomic E-state index is -1.05. The van der Waals surface area contributed by atoms with Gasteiger partial charge in [0.1, 0.15) is 18.5 Å². The van der Waals surface area contributed by atoms with Crippen molar-refractivity contribution in [1.82, 2.24) is 5.32 Å². The van der Waals surface area contributed by atoms with Gasteiger partial charge in [0.2, 0.25) is 0 Å². The van der Waals surface area contributed by atoms with Crippen molar-refractivity contribution >= 4 is 11.9 Å². The van der Waals surface area contributed by atoms with E-state index in [4.69, 9.17) is 19.3 Å². The predicted octanol–water partition coefficient (Wildman–Crippen LogP) is 2.34. The highest BCUT2D eigenvalue weighted by Gasteiger charge is 2.21. The molecule has 0 aliphatic carbocycles. The first kappa shape index (κ1) is 18.6. The molecule has 1 atom stereocenters. The van der Waals surface area contributed by atoms with E-state index >= 15 is 0 Å². The van der Waals surface area contributed by atoms with Crippen molar-refractivity contribution in [2.75, 3.05) is 19.8 Å². The summed E-state index contributed by atoms with van der Waals surface area (Å²) in [6, 6.07) is 10.7. The van der Waals surface area contributed by atoms with E-state index < -0.39 is 12.6 Å². The molecular formula is C20H21NO6. The highest BCUT2D eigenvalue weighted by molar-refractivity contribution is 5.95. The van der Waals surface area contributed by atoms with E-state index in [9.17, 15) is 9.59 Å². The van der Waals surface area contributed by atoms with Crippen molar-refractivity contribution in [2.24, 2.45) is 0 Å². The summed E-state index contributed by atoms with van der Waals surface area (Å²) in [6.45, 7) is 3.79. The van der Waals surface area contributed by atoms with Crippen molar-refractivity contribution in [3.63, 3.8) is 0 Å². The number of nitrogens with one attached hydrogen (secondary N) is 1. The lowest BCUT2D eigenvalue weighted by atomic mass is 10.0. The normalized spacial score (nSPS) is 15.1. The number of aliphatic carboxylic acids is 1. The number of ether oxygens (including phenoxy) is 3. The van der Waals surface area contributed by atoms with Crippen LogP contribution in [0.2, 0.25) is 0 Å². The Morgan fingerprint density at radius 1 is 1.19 bits per heavy atom. The number of carboxylic acids is 1. The van der Waals surface area contributed by atoms with Crippen molar-refractivity contribution in [1.29, 1.82) is 0 Å². The van der Waals surface area contributed by atoms with Crippen LogP contribution in [0.3, 0.4) is 0 Å². The second kappa shape index (κ2) is 7.99. The summed E-state index contributed by atoms with van der Waals surface area (Å²) in [4.78, 5) is 23.1. The summed E-state index contributed by atoms with van der Waals surface area (Å²) >= 11 is 0. The van der Waals surface area contributed by atoms with Crippen molar-refractivity contribution < 1.29 is 28.9 Å². The van der Waals surface area contributed by atoms with Gasteiger partial charge in [0.15, 0.2) is 18.1 Å². The van der Waals surface area contributed by atoms with Gasteiger partial charge in [-0.1, -0.05) is 12.1 Å². The van der Waals surface area contributed by atoms with Crippen LogP contribution < -0.4 is 19.5 Å². The minimum absolute atomic E-state index is 0.242. The molecule has 1 aliphatic rings. The molecule has 0 aromatic heterocycles. The van der Waals surface area contributed by atoms with Crippen LogP contribution in [0.4, 0.5) is 0 Å². The Morgan fingerprint density at radius 3 is 2.52 bits per heavy atom. The fourth-order valence-electron chi connectivity index (χ4n) is 2.92. The molecule has 2 aromatic carbocycles. The summed E-state index contributed by atoms with van der Waals surface area (Å²) in [7, 11) is 0. The number of carbonyl (C=O) groups is 2. The number of benzene rings is 2. The van der Waals surface area contributed by atoms with Gasteiger partial charge in [0.05, 0.1) is 6.54 Å². The van der Waals surface area contributed by atoms with Gasteiger partial charge in [0, 0.05) is 5.56 Å². The molecule has 7 heteroatoms. The van der Waals surface area contributed by atoms with Crippen molar-refractivity contribution in [2.45, 2.75) is 20.0 Å². The molecule has 142 valence electrons. The summed E-state index contributed by atoms with van der Waals surface area (Å²) in [5.41, 5.74) is 1.88. The first-order valence-electron chi connectivity index (χ1n) is 8.56. The zero-order valence-electron chi connectivity index (χ0n) is 15.2. The van der Waals surface area contributed by atoms with Crippen molar-refractivity contribution in [3.8, 4) is 17.2 Å². The van der Waals surface area contributed by atoms with Crippen LogP contribution >= 0.6 is 0 Å². The predicted molar refractivity (Wildman–Crippen MR) is 97.7 cm³/mol. The van der Waals surface area contributed by atoms with E-state index in [1.54, 1.807) is 26.0 Å². The molecule has 2 aromatic rings. The Labute approximate surface area is 156 Å². The largest absolute Gasteiger partial charge is 0.486 e. The molecule has 0 radical (unpaired) electrons. The van der Waals surface area contributed by atoms with E-state index in [1.165, 1.54) is 0 Å². The average Bonchev–Trinajstić information content (AvgIpc) is 2.64. The second-order valence-corrected chi connectivity index (χ2v) is 6.33. The lowest BCUT2D eigenvalue weighted by Gasteiger charge is -2.26. The minimum Gasteiger partial charge on any atom is -0.486 e. The zero-order chi connectivity index (χ0) is 19.4. The summed E-state index contributed by atoms with van der Waals surface area (Å²) in [5, 5.41) is 11.6. The quantitative estimate of drug-likeness (QED) is 0.809. The first-order chi connectivity index (χ1) is 12.9. The number of hydrogen-bond donors (Lipinski definition) is 2. The maximum atomic E-state index is 12.5. The summed E-state index contributed by atoms with van der Waals surface area (Å²) in [6.07, 6.45) is -0.274. The monoisotopic (exact) mass is 371 g/mol. The first-order valence-corrected chi connectivity index (χ1v) is 8.56. The van der Waals surface area contributed by atoms with Crippen LogP contribution in [0.1, 0.15) is 21.5 Å². The SMILES string of the molecule is Cc1cc(C(=O)NCC2COc3ccccc3O2)cc(C)c1OCC(=O)O. The number of carbonyl (C=O) groups excluding carboxylic acids is 1. The molecular weight excluding hydrogens is 350 g/mol. The summed E-state index contributed by atoms with van der Waals surface area (Å²) < 4.78 is 16.7. The second-order valence-electron chi connectivity index (χ2n) is 6.33. The number of carboxylic acid groups (broad SMARTS) is 1. The van der Waals surface area contributed by atoms with Crippen LogP contribution in [0.5, 0.6) is 17.2 Å². The maximum Gasteiger partial charge on any atom is 0.341 e. The van der Waals surface area contributed by atoms with Gasteiger partial charge in [-0.3, -0.25) is 4.79 Å². The molecule has 1 amide bonds. The topological polar surface area (TPSA) is 94.1 Å². The fraction of sp³-hybridized carbons (Fsp3) is 0.300. The van der Waals surface area contributed by atoms with E-state index in [2.05, 4.69) is 5.32 Å². The van der Waals surface area contributed by atoms with Gasteiger partial charge >= 0.3 is 5.97 Å². The molecule has 1 aliphatic heterocycles. The van der Waals surface area contributed by atoms with E-state index in [-0.39, 0.29) is 12.0 Å². The highest BCUT2D eigenvalue weighted by Crippen LogP contribution is 2.30. The molecule has 3 rings (SSSR count). The molecule has 2 N–H and O–H groups in total. The molecule has 1 heterocycles. The van der Waals surface area contributed by atoms with Gasteiger partial charge in [0.25, 0.3) is 5.91 Å². The number of para-hydroxylation sites is 2. The fourth-order valence-corrected chi connectivity index (χ4v) is 2.92. The highest BCUT2D eigenvalue weighted by atomic mass is 16.6. The molecule has 0 saturated carbocycles. The van der Waals surface area contributed by atoms with E-state index in [1.807, 2.05) is 24.3 Å². The van der Waals surface area contributed by atoms with Gasteiger partial charge < -0.3 is 24.6 Å². The average molecular weight is 371 g/mol. The van der Waals surface area contributed by atoms with Crippen molar-refractivity contribution in [3.05, 3.63) is 53.1 Å². The van der Waals surface area contributed by atoms with Crippen LogP contribution in [0.25, 0.3) is 0 Å². The zero-order valence-corrected chi connectivity index (χ0v) is 15.2. The van der Waals surface area contributed by atoms with Gasteiger partial charge in [-0.25, -0.2) is 4.79 Å². The number of fused-ring (bicyclic) bond motifs is 1. The summed E-state index contributed by atoms with van der Waals surface area (Å²) in [5.74, 6) is 0.549. The van der Waals surface area contributed by atoms with Crippen LogP contribution in [0, 0.1) is 13.8 Å². The van der Waals surface area contributed by atoms with Crippen LogP contribution in [-0.2, 0) is 4.79 Å². The Balaban J connectivity index is 1.61. The maximum absolute atomic E-state index is 12.5. The standard InChI is InChI=1S/C20H21NO6/c1-12-7-14(8-13(2)19(12)26-11-18(22)23)20(24)21-9-15-10-25-16-5-3-4-6-17(16)27-15/h3-8,15H,9-11H2,1-2H3,(H,21,24)(H,22,23). The van der Waals surface area contributed by atoms with E-state index in [0.717, 1.165) is 0 Å². The van der Waals surface area contributed by atoms with Crippen LogP contribution in [0.15, 0.2) is 36.4 Å². The Bertz CT molecular complexity index is 840. The third-order valence-corrected chi connectivity index (χ3v) is 4.12. The lowest BCUT2D eigenvalue weighted by molar-refractivity contribution is -0.139. The number of hydrogen-bond acceptors (Lipinski definition) is 5. The van der Waals surface area contributed by atoms with Crippen LogP contribution in [-0.4, -0.2) is 42.8 Å². The van der Waals surface area contributed by atoms with E-state index in [0.29, 0.717) is 47.1 Å². The molecule has 1 unspecified atom stereocenters. The molecule has 27 heavy (non-hydrogen) atoms. The number of amides is 1. The number of aryl methyl sites for hydroxylation is 2. The molecule has 0 fully saturated rings. The smallest absolute Gasteiger partial charge is 0.341 e. The third-order valence-electron chi connectivity index (χ3n) is 4.12. The third kappa shape index (κ3) is 4.49. The van der Waals surface area contributed by atoms with Gasteiger partial charge in [-0.15, -0.1) is 0 Å². The molecule has 7 nitrogen and oxygen atoms in total. The Hall–Kier alpha value is -3.22. The Kier molecular flexibility index (Phi) is 5.49. The van der Waals surface area contributed by atoms with Gasteiger partial charge in [-0.2, -0.15) is 0 Å². The number of rotatable bonds is 6. The molecule has 0 bridgehead atoms. The Morgan fingerprint density at radius 2 is 1.85 bits per heavy atom. The molecule has 0 saturated heterocycles.